The highest BCUT2D eigenvalue weighted by Crippen LogP contribution is 2.46. The number of alkyl halides is 3. The molecule has 1 saturated heterocycles. The molecule has 298 valence electrons. The summed E-state index contributed by atoms with van der Waals surface area (Å²) in [4.78, 5) is 26.7. The molecule has 8 atom stereocenters. The van der Waals surface area contributed by atoms with Crippen LogP contribution in [0.15, 0.2) is 48.1 Å². The van der Waals surface area contributed by atoms with Gasteiger partial charge in [-0.3, -0.25) is 4.79 Å². The second-order valence-corrected chi connectivity index (χ2v) is 26.5. The predicted molar refractivity (Wildman–Crippen MR) is 207 cm³/mol. The molecule has 0 saturated carbocycles. The average Bonchev–Trinajstić information content (AvgIpc) is 3.04. The molecular formula is C41H63F3O7Si2. The predicted octanol–water partition coefficient (Wildman–Crippen LogP) is 10.8. The lowest BCUT2D eigenvalue weighted by Crippen LogP contribution is -2.47. The normalized spacial score (nSPS) is 27.4. The number of allylic oxidation sites excluding steroid dienone is 2. The SMILES string of the molecule is CCCC[Si](C)(C)OC1C=C2C=CC(C)C(CC[C@@H]3C[C@@H](O[Si](C)(C)C(C)(C)C)CC(=O)O3)C2C(OC(=O)[C@H](CC)Oc2cccc(C(F)(F)F)c2)C1. The number of benzene rings is 1. The molecule has 1 aliphatic heterocycles. The number of halogens is 3. The standard InChI is InChI=1S/C41H63F3O7Si2/c1-11-13-21-52(7,8)50-32-22-28-18-17-27(3)34(20-19-31-24-33(26-37(45)48-31)51-53(9,10)40(4,5)6)38(28)36(25-32)49-39(46)35(12-2)47-30-16-14-15-29(23-30)41(42,43)44/h14-18,22-23,27,31-36,38H,11-13,19-21,24-26H2,1-10H3/t27?,31-,32?,33-,34?,35+,36?,38?/m1/s1. The van der Waals surface area contributed by atoms with E-state index < -0.39 is 46.6 Å². The number of rotatable bonds is 15. The van der Waals surface area contributed by atoms with E-state index in [4.69, 9.17) is 23.1 Å². The summed E-state index contributed by atoms with van der Waals surface area (Å²) in [5, 5.41) is 0.0219. The first-order chi connectivity index (χ1) is 24.6. The van der Waals surface area contributed by atoms with E-state index in [1.165, 1.54) is 12.1 Å². The summed E-state index contributed by atoms with van der Waals surface area (Å²) in [6.45, 7) is 21.5. The number of fused-ring (bicyclic) bond motifs is 1. The Hall–Kier alpha value is -2.42. The van der Waals surface area contributed by atoms with Crippen molar-refractivity contribution in [2.24, 2.45) is 17.8 Å². The number of carbonyl (C=O) groups is 2. The van der Waals surface area contributed by atoms with Crippen LogP contribution < -0.4 is 4.74 Å². The van der Waals surface area contributed by atoms with Gasteiger partial charge >= 0.3 is 18.1 Å². The van der Waals surface area contributed by atoms with Crippen LogP contribution in [0.1, 0.15) is 98.5 Å². The third kappa shape index (κ3) is 11.8. The maximum absolute atomic E-state index is 13.9. The lowest BCUT2D eigenvalue weighted by atomic mass is 9.66. The van der Waals surface area contributed by atoms with Crippen LogP contribution in [0.5, 0.6) is 5.75 Å². The van der Waals surface area contributed by atoms with E-state index in [2.05, 4.69) is 79.0 Å². The Labute approximate surface area is 317 Å². The van der Waals surface area contributed by atoms with E-state index in [1.807, 2.05) is 0 Å². The van der Waals surface area contributed by atoms with Crippen molar-refractivity contribution in [2.45, 2.75) is 167 Å². The van der Waals surface area contributed by atoms with Crippen molar-refractivity contribution in [1.82, 2.24) is 0 Å². The number of unbranched alkanes of at least 4 members (excludes halogenated alkanes) is 1. The second-order valence-electron chi connectivity index (χ2n) is 17.5. The summed E-state index contributed by atoms with van der Waals surface area (Å²) in [6, 6.07) is 5.60. The van der Waals surface area contributed by atoms with Gasteiger partial charge in [0.1, 0.15) is 18.0 Å². The van der Waals surface area contributed by atoms with Crippen molar-refractivity contribution < 1.29 is 45.8 Å². The van der Waals surface area contributed by atoms with Gasteiger partial charge in [-0.2, -0.15) is 13.2 Å². The molecule has 7 nitrogen and oxygen atoms in total. The van der Waals surface area contributed by atoms with Crippen molar-refractivity contribution in [3.05, 3.63) is 53.6 Å². The quantitative estimate of drug-likeness (QED) is 0.129. The van der Waals surface area contributed by atoms with E-state index in [0.29, 0.717) is 19.3 Å². The molecule has 0 aromatic heterocycles. The van der Waals surface area contributed by atoms with E-state index >= 15 is 0 Å². The number of esters is 2. The first kappa shape index (κ1) is 43.3. The smallest absolute Gasteiger partial charge is 0.416 e. The van der Waals surface area contributed by atoms with E-state index in [1.54, 1.807) is 6.92 Å². The molecule has 1 heterocycles. The Kier molecular flexibility index (Phi) is 14.4. The maximum atomic E-state index is 13.9. The van der Waals surface area contributed by atoms with Crippen molar-refractivity contribution in [3.63, 3.8) is 0 Å². The molecule has 2 aliphatic carbocycles. The molecule has 0 radical (unpaired) electrons. The van der Waals surface area contributed by atoms with Gasteiger partial charge < -0.3 is 23.1 Å². The average molecular weight is 781 g/mol. The zero-order chi connectivity index (χ0) is 39.4. The van der Waals surface area contributed by atoms with Gasteiger partial charge in [-0.05, 0) is 92.1 Å². The van der Waals surface area contributed by atoms with E-state index in [9.17, 15) is 22.8 Å². The Morgan fingerprint density at radius 3 is 2.40 bits per heavy atom. The zero-order valence-corrected chi connectivity index (χ0v) is 35.5. The molecule has 53 heavy (non-hydrogen) atoms. The van der Waals surface area contributed by atoms with Crippen LogP contribution in [-0.4, -0.2) is 59.1 Å². The minimum Gasteiger partial charge on any atom is -0.479 e. The number of cyclic esters (lactones) is 1. The highest BCUT2D eigenvalue weighted by atomic mass is 28.4. The molecule has 0 spiro atoms. The van der Waals surface area contributed by atoms with Crippen molar-refractivity contribution in [2.75, 3.05) is 0 Å². The Bertz CT molecular complexity index is 1470. The van der Waals surface area contributed by atoms with Crippen LogP contribution >= 0.6 is 0 Å². The molecule has 1 fully saturated rings. The van der Waals surface area contributed by atoms with Crippen LogP contribution in [0.25, 0.3) is 0 Å². The topological polar surface area (TPSA) is 80.3 Å². The lowest BCUT2D eigenvalue weighted by Gasteiger charge is -2.45. The van der Waals surface area contributed by atoms with Gasteiger partial charge in [0.05, 0.1) is 24.2 Å². The zero-order valence-electron chi connectivity index (χ0n) is 33.5. The summed E-state index contributed by atoms with van der Waals surface area (Å²) in [6.07, 6.45) is 4.86. The molecule has 3 aliphatic rings. The van der Waals surface area contributed by atoms with Crippen LogP contribution in [0.4, 0.5) is 13.2 Å². The van der Waals surface area contributed by atoms with Crippen LogP contribution in [0, 0.1) is 17.8 Å². The molecule has 1 aromatic carbocycles. The van der Waals surface area contributed by atoms with Crippen molar-refractivity contribution in [1.29, 1.82) is 0 Å². The highest BCUT2D eigenvalue weighted by Gasteiger charge is 2.46. The first-order valence-electron chi connectivity index (χ1n) is 19.6. The third-order valence-electron chi connectivity index (χ3n) is 11.6. The molecule has 12 heteroatoms. The summed E-state index contributed by atoms with van der Waals surface area (Å²) >= 11 is 0. The molecule has 1 aromatic rings. The molecule has 0 bridgehead atoms. The third-order valence-corrected chi connectivity index (χ3v) is 18.6. The van der Waals surface area contributed by atoms with Crippen LogP contribution in [-0.2, 0) is 34.1 Å². The van der Waals surface area contributed by atoms with Gasteiger partial charge in [0.25, 0.3) is 0 Å². The fourth-order valence-corrected chi connectivity index (χ4v) is 11.3. The summed E-state index contributed by atoms with van der Waals surface area (Å²) in [7, 11) is -4.12. The van der Waals surface area contributed by atoms with E-state index in [-0.39, 0.29) is 65.7 Å². The van der Waals surface area contributed by atoms with E-state index in [0.717, 1.165) is 43.0 Å². The molecular weight excluding hydrogens is 718 g/mol. The molecule has 0 N–H and O–H groups in total. The fraction of sp³-hybridized carbons (Fsp3) is 0.707. The fourth-order valence-electron chi connectivity index (χ4n) is 7.64. The number of hydrogen-bond donors (Lipinski definition) is 0. The minimum absolute atomic E-state index is 0.0219. The molecule has 0 amide bonds. The number of ether oxygens (including phenoxy) is 3. The Morgan fingerprint density at radius 2 is 1.75 bits per heavy atom. The van der Waals surface area contributed by atoms with Gasteiger partial charge in [-0.1, -0.05) is 78.7 Å². The van der Waals surface area contributed by atoms with Gasteiger partial charge in [-0.15, -0.1) is 0 Å². The van der Waals surface area contributed by atoms with Crippen molar-refractivity contribution >= 4 is 28.6 Å². The Balaban J connectivity index is 1.56. The monoisotopic (exact) mass is 780 g/mol. The number of carbonyl (C=O) groups excluding carboxylic acids is 2. The summed E-state index contributed by atoms with van der Waals surface area (Å²) < 4.78 is 71.9. The maximum Gasteiger partial charge on any atom is 0.416 e. The van der Waals surface area contributed by atoms with Gasteiger partial charge in [-0.25, -0.2) is 4.79 Å². The number of hydrogen-bond acceptors (Lipinski definition) is 7. The van der Waals surface area contributed by atoms with Crippen LogP contribution in [0.2, 0.25) is 37.3 Å². The van der Waals surface area contributed by atoms with Crippen molar-refractivity contribution in [3.8, 4) is 5.75 Å². The van der Waals surface area contributed by atoms with Gasteiger partial charge in [0, 0.05) is 18.8 Å². The molecule has 5 unspecified atom stereocenters. The lowest BCUT2D eigenvalue weighted by molar-refractivity contribution is -0.164. The minimum atomic E-state index is -4.54. The van der Waals surface area contributed by atoms with Gasteiger partial charge in [0.15, 0.2) is 22.7 Å². The molecule has 4 rings (SSSR count). The second kappa shape index (κ2) is 17.6. The summed E-state index contributed by atoms with van der Waals surface area (Å²) in [5.41, 5.74) is 0.219. The Morgan fingerprint density at radius 1 is 1.04 bits per heavy atom. The van der Waals surface area contributed by atoms with Crippen LogP contribution in [0.3, 0.4) is 0 Å². The summed E-state index contributed by atoms with van der Waals surface area (Å²) in [5.74, 6) is -0.766. The highest BCUT2D eigenvalue weighted by molar-refractivity contribution is 6.74. The largest absolute Gasteiger partial charge is 0.479 e. The van der Waals surface area contributed by atoms with Gasteiger partial charge in [0.2, 0.25) is 0 Å². The first-order valence-corrected chi connectivity index (χ1v) is 25.6.